The van der Waals surface area contributed by atoms with Gasteiger partial charge in [-0.3, -0.25) is 0 Å². The number of halogens is 1. The van der Waals surface area contributed by atoms with Crippen molar-refractivity contribution in [3.8, 4) is 17.1 Å². The summed E-state index contributed by atoms with van der Waals surface area (Å²) >= 11 is 0. The van der Waals surface area contributed by atoms with Crippen LogP contribution < -0.4 is 0 Å². The van der Waals surface area contributed by atoms with Crippen LogP contribution >= 0.6 is 0 Å². The molecule has 0 unspecified atom stereocenters. The molecule has 5 nitrogen and oxygen atoms in total. The maximum atomic E-state index is 12.8. The molecule has 2 N–H and O–H groups in total. The fourth-order valence-electron chi connectivity index (χ4n) is 0.987. The molecule has 0 aliphatic carbocycles. The van der Waals surface area contributed by atoms with Crippen molar-refractivity contribution in [1.82, 2.24) is 20.6 Å². The molecule has 0 bridgehead atoms. The summed E-state index contributed by atoms with van der Waals surface area (Å²) in [4.78, 5) is 0. The second kappa shape index (κ2) is 2.81. The van der Waals surface area contributed by atoms with Crippen LogP contribution in [0.5, 0.6) is 5.75 Å². The van der Waals surface area contributed by atoms with Crippen molar-refractivity contribution in [1.29, 1.82) is 0 Å². The summed E-state index contributed by atoms with van der Waals surface area (Å²) in [5.74, 6) is -0.464. The fraction of sp³-hybridized carbons (Fsp3) is 0. The van der Waals surface area contributed by atoms with E-state index >= 15 is 0 Å². The van der Waals surface area contributed by atoms with Gasteiger partial charge in [-0.05, 0) is 17.3 Å². The number of aromatic nitrogens is 4. The number of nitrogens with one attached hydrogen (secondary N) is 1. The molecule has 0 fully saturated rings. The maximum absolute atomic E-state index is 12.8. The Bertz CT molecular complexity index is 394. The van der Waals surface area contributed by atoms with Crippen molar-refractivity contribution in [2.45, 2.75) is 0 Å². The van der Waals surface area contributed by atoms with Crippen molar-refractivity contribution in [3.63, 3.8) is 0 Å². The lowest BCUT2D eigenvalue weighted by Gasteiger charge is -1.96. The number of phenolic OH excluding ortho intramolecular Hbond substituents is 1. The fourth-order valence-corrected chi connectivity index (χ4v) is 0.987. The Hall–Kier alpha value is -1.98. The Kier molecular flexibility index (Phi) is 1.66. The second-order valence-electron chi connectivity index (χ2n) is 2.43. The minimum atomic E-state index is -0.542. The predicted octanol–water partition coefficient (Wildman–Crippen LogP) is 0.711. The topological polar surface area (TPSA) is 74.7 Å². The molecule has 0 saturated carbocycles. The lowest BCUT2D eigenvalue weighted by atomic mass is 10.2. The van der Waals surface area contributed by atoms with E-state index in [1.165, 1.54) is 12.1 Å². The Morgan fingerprint density at radius 1 is 1.31 bits per heavy atom. The molecule has 66 valence electrons. The second-order valence-corrected chi connectivity index (χ2v) is 2.43. The molecule has 0 atom stereocenters. The Morgan fingerprint density at radius 2 is 2.15 bits per heavy atom. The first-order valence-corrected chi connectivity index (χ1v) is 3.49. The lowest BCUT2D eigenvalue weighted by Crippen LogP contribution is -1.83. The normalized spacial score (nSPS) is 10.2. The van der Waals surface area contributed by atoms with Crippen molar-refractivity contribution in [2.75, 3.05) is 0 Å². The first kappa shape index (κ1) is 7.66. The Morgan fingerprint density at radius 3 is 2.77 bits per heavy atom. The van der Waals surface area contributed by atoms with E-state index in [0.717, 1.165) is 6.07 Å². The molecule has 0 saturated heterocycles. The smallest absolute Gasteiger partial charge is 0.204 e. The Labute approximate surface area is 72.2 Å². The highest BCUT2D eigenvalue weighted by Crippen LogP contribution is 2.20. The van der Waals surface area contributed by atoms with E-state index in [1.807, 2.05) is 0 Å². The van der Waals surface area contributed by atoms with Gasteiger partial charge in [0.1, 0.15) is 11.6 Å². The van der Waals surface area contributed by atoms with E-state index < -0.39 is 5.82 Å². The summed E-state index contributed by atoms with van der Waals surface area (Å²) < 4.78 is 12.8. The van der Waals surface area contributed by atoms with Gasteiger partial charge in [0.15, 0.2) is 0 Å². The molecule has 1 heterocycles. The number of aromatic amines is 1. The van der Waals surface area contributed by atoms with Crippen LogP contribution in [-0.2, 0) is 0 Å². The summed E-state index contributed by atoms with van der Waals surface area (Å²) in [6, 6.07) is 3.57. The molecule has 2 rings (SSSR count). The maximum Gasteiger partial charge on any atom is 0.204 e. The number of benzene rings is 1. The van der Waals surface area contributed by atoms with Gasteiger partial charge < -0.3 is 5.11 Å². The third kappa shape index (κ3) is 1.46. The number of hydrogen-bond acceptors (Lipinski definition) is 4. The average molecular weight is 180 g/mol. The van der Waals surface area contributed by atoms with Crippen molar-refractivity contribution in [3.05, 3.63) is 24.0 Å². The van der Waals surface area contributed by atoms with Crippen LogP contribution in [0.3, 0.4) is 0 Å². The number of tetrazole rings is 1. The number of rotatable bonds is 1. The summed E-state index contributed by atoms with van der Waals surface area (Å²) in [6.07, 6.45) is 0. The third-order valence-corrected chi connectivity index (χ3v) is 1.49. The van der Waals surface area contributed by atoms with Gasteiger partial charge in [-0.2, -0.15) is 5.21 Å². The van der Waals surface area contributed by atoms with E-state index in [4.69, 9.17) is 5.11 Å². The van der Waals surface area contributed by atoms with Gasteiger partial charge >= 0.3 is 0 Å². The van der Waals surface area contributed by atoms with Gasteiger partial charge in [-0.25, -0.2) is 4.39 Å². The highest BCUT2D eigenvalue weighted by molar-refractivity contribution is 5.56. The zero-order valence-corrected chi connectivity index (χ0v) is 6.40. The van der Waals surface area contributed by atoms with Gasteiger partial charge in [0, 0.05) is 11.6 Å². The number of aromatic hydroxyl groups is 1. The highest BCUT2D eigenvalue weighted by atomic mass is 19.1. The van der Waals surface area contributed by atoms with E-state index in [2.05, 4.69) is 20.6 Å². The molecular formula is C7H5FN4O. The zero-order valence-electron chi connectivity index (χ0n) is 6.40. The van der Waals surface area contributed by atoms with Gasteiger partial charge in [0.05, 0.1) is 0 Å². The SMILES string of the molecule is Oc1cc(F)cc(-c2nn[nH]n2)c1. The van der Waals surface area contributed by atoms with Crippen LogP contribution in [0.25, 0.3) is 11.4 Å². The standard InChI is InChI=1S/C7H5FN4O/c8-5-1-4(2-6(13)3-5)7-9-11-12-10-7/h1-3,13H,(H,9,10,11,12). The van der Waals surface area contributed by atoms with Gasteiger partial charge in [0.2, 0.25) is 5.82 Å². The molecule has 0 spiro atoms. The molecule has 0 radical (unpaired) electrons. The lowest BCUT2D eigenvalue weighted by molar-refractivity contribution is 0.469. The Balaban J connectivity index is 2.53. The van der Waals surface area contributed by atoms with Crippen LogP contribution in [-0.4, -0.2) is 25.7 Å². The van der Waals surface area contributed by atoms with Crippen LogP contribution in [0.2, 0.25) is 0 Å². The molecule has 0 aliphatic rings. The van der Waals surface area contributed by atoms with Gasteiger partial charge in [-0.15, -0.1) is 10.2 Å². The van der Waals surface area contributed by atoms with Gasteiger partial charge in [0.25, 0.3) is 0 Å². The summed E-state index contributed by atoms with van der Waals surface area (Å²) in [5.41, 5.74) is 0.381. The highest BCUT2D eigenvalue weighted by Gasteiger charge is 2.05. The molecule has 0 aliphatic heterocycles. The summed E-state index contributed by atoms with van der Waals surface area (Å²) in [7, 11) is 0. The van der Waals surface area contributed by atoms with Gasteiger partial charge in [-0.1, -0.05) is 0 Å². The third-order valence-electron chi connectivity index (χ3n) is 1.49. The quantitative estimate of drug-likeness (QED) is 0.677. The number of hydrogen-bond donors (Lipinski definition) is 2. The molecule has 13 heavy (non-hydrogen) atoms. The molecule has 1 aromatic heterocycles. The van der Waals surface area contributed by atoms with E-state index in [9.17, 15) is 4.39 Å². The monoisotopic (exact) mass is 180 g/mol. The van der Waals surface area contributed by atoms with E-state index in [0.29, 0.717) is 5.56 Å². The van der Waals surface area contributed by atoms with Crippen molar-refractivity contribution in [2.24, 2.45) is 0 Å². The minimum absolute atomic E-state index is 0.167. The largest absolute Gasteiger partial charge is 0.508 e. The van der Waals surface area contributed by atoms with Crippen LogP contribution in [0.1, 0.15) is 0 Å². The predicted molar refractivity (Wildman–Crippen MR) is 41.2 cm³/mol. The minimum Gasteiger partial charge on any atom is -0.508 e. The molecule has 1 aromatic carbocycles. The van der Waals surface area contributed by atoms with E-state index in [1.54, 1.807) is 0 Å². The first-order valence-electron chi connectivity index (χ1n) is 3.49. The van der Waals surface area contributed by atoms with Crippen LogP contribution in [0, 0.1) is 5.82 Å². The number of phenols is 1. The molecule has 0 amide bonds. The van der Waals surface area contributed by atoms with Crippen molar-refractivity contribution >= 4 is 0 Å². The molecular weight excluding hydrogens is 175 g/mol. The van der Waals surface area contributed by atoms with Crippen molar-refractivity contribution < 1.29 is 9.50 Å². The van der Waals surface area contributed by atoms with Crippen LogP contribution in [0.15, 0.2) is 18.2 Å². The summed E-state index contributed by atoms with van der Waals surface area (Å²) in [6.45, 7) is 0. The first-order chi connectivity index (χ1) is 6.25. The molecule has 6 heteroatoms. The number of nitrogens with zero attached hydrogens (tertiary/aromatic N) is 3. The molecule has 2 aromatic rings. The zero-order chi connectivity index (χ0) is 9.26. The average Bonchev–Trinajstić information content (AvgIpc) is 2.53. The number of H-pyrrole nitrogens is 1. The van der Waals surface area contributed by atoms with E-state index in [-0.39, 0.29) is 11.6 Å². The summed E-state index contributed by atoms with van der Waals surface area (Å²) in [5, 5.41) is 21.9. The van der Waals surface area contributed by atoms with Crippen LogP contribution in [0.4, 0.5) is 4.39 Å².